The van der Waals surface area contributed by atoms with E-state index in [1.807, 2.05) is 25.2 Å². The molecule has 0 bridgehead atoms. The molecule has 0 fully saturated rings. The maximum absolute atomic E-state index is 12.0. The number of rotatable bonds is 6. The molecule has 0 aliphatic rings. The van der Waals surface area contributed by atoms with Crippen LogP contribution in [-0.2, 0) is 0 Å². The highest BCUT2D eigenvalue weighted by molar-refractivity contribution is 6.32. The Balaban J connectivity index is 2.00. The van der Waals surface area contributed by atoms with E-state index in [9.17, 15) is 4.79 Å². The van der Waals surface area contributed by atoms with E-state index in [0.29, 0.717) is 17.3 Å². The molecule has 0 aliphatic heterocycles. The lowest BCUT2D eigenvalue weighted by Crippen LogP contribution is -2.33. The van der Waals surface area contributed by atoms with E-state index in [1.54, 1.807) is 12.3 Å². The summed E-state index contributed by atoms with van der Waals surface area (Å²) in [5.74, 6) is -0.238. The molecule has 21 heavy (non-hydrogen) atoms. The molecule has 0 saturated heterocycles. The first-order valence-electron chi connectivity index (χ1n) is 6.75. The summed E-state index contributed by atoms with van der Waals surface area (Å²) >= 11 is 6.09. The summed E-state index contributed by atoms with van der Waals surface area (Å²) in [6, 6.07) is 7.26. The van der Waals surface area contributed by atoms with E-state index in [0.717, 1.165) is 13.1 Å². The van der Waals surface area contributed by atoms with Crippen molar-refractivity contribution in [2.45, 2.75) is 6.92 Å². The van der Waals surface area contributed by atoms with Crippen molar-refractivity contribution in [3.05, 3.63) is 41.2 Å². The van der Waals surface area contributed by atoms with Crippen molar-refractivity contribution < 1.29 is 4.79 Å². The number of nitrogens with zero attached hydrogens (tertiary/aromatic N) is 4. The standard InChI is InChI=1S/C14H18ClN5O/c1-3-19(2)9-8-16-14(21)12-10-20(18-17-12)13-7-5-4-6-11(13)15/h4-7,10H,3,8-9H2,1-2H3,(H,16,21). The third-order valence-electron chi connectivity index (χ3n) is 3.14. The van der Waals surface area contributed by atoms with Crippen LogP contribution in [0.5, 0.6) is 0 Å². The Bertz CT molecular complexity index is 613. The lowest BCUT2D eigenvalue weighted by atomic mass is 10.3. The predicted octanol–water partition coefficient (Wildman–Crippen LogP) is 1.60. The van der Waals surface area contributed by atoms with Gasteiger partial charge in [-0.25, -0.2) is 4.68 Å². The van der Waals surface area contributed by atoms with Crippen molar-refractivity contribution in [1.29, 1.82) is 0 Å². The van der Waals surface area contributed by atoms with Crippen molar-refractivity contribution in [2.24, 2.45) is 0 Å². The minimum absolute atomic E-state index is 0.238. The molecule has 112 valence electrons. The molecule has 7 heteroatoms. The van der Waals surface area contributed by atoms with Gasteiger partial charge in [0.2, 0.25) is 0 Å². The average Bonchev–Trinajstić information content (AvgIpc) is 2.97. The first-order valence-corrected chi connectivity index (χ1v) is 7.13. The second kappa shape index (κ2) is 7.19. The molecule has 1 aromatic heterocycles. The van der Waals surface area contributed by atoms with Crippen LogP contribution in [0.2, 0.25) is 5.02 Å². The molecule has 6 nitrogen and oxygen atoms in total. The van der Waals surface area contributed by atoms with E-state index in [-0.39, 0.29) is 11.6 Å². The number of para-hydroxylation sites is 1. The van der Waals surface area contributed by atoms with Crippen molar-refractivity contribution in [3.8, 4) is 5.69 Å². The molecule has 2 aromatic rings. The molecule has 1 N–H and O–H groups in total. The van der Waals surface area contributed by atoms with Crippen LogP contribution in [0.4, 0.5) is 0 Å². The number of carbonyl (C=O) groups is 1. The fourth-order valence-corrected chi connectivity index (χ4v) is 1.95. The molecule has 1 aromatic carbocycles. The van der Waals surface area contributed by atoms with Gasteiger partial charge >= 0.3 is 0 Å². The van der Waals surface area contributed by atoms with Gasteiger partial charge in [-0.3, -0.25) is 4.79 Å². The highest BCUT2D eigenvalue weighted by Gasteiger charge is 2.12. The van der Waals surface area contributed by atoms with Crippen LogP contribution in [-0.4, -0.2) is 52.5 Å². The second-order valence-corrected chi connectivity index (χ2v) is 5.06. The van der Waals surface area contributed by atoms with Gasteiger partial charge in [-0.1, -0.05) is 35.9 Å². The lowest BCUT2D eigenvalue weighted by molar-refractivity contribution is 0.0945. The van der Waals surface area contributed by atoms with Crippen molar-refractivity contribution in [2.75, 3.05) is 26.7 Å². The quantitative estimate of drug-likeness (QED) is 0.880. The Hall–Kier alpha value is -1.92. The van der Waals surface area contributed by atoms with E-state index >= 15 is 0 Å². The van der Waals surface area contributed by atoms with Gasteiger partial charge in [0.1, 0.15) is 0 Å². The normalized spacial score (nSPS) is 10.9. The zero-order valence-corrected chi connectivity index (χ0v) is 12.8. The molecule has 0 spiro atoms. The minimum atomic E-state index is -0.238. The van der Waals surface area contributed by atoms with Gasteiger partial charge in [0.05, 0.1) is 16.9 Å². The van der Waals surface area contributed by atoms with Gasteiger partial charge in [0, 0.05) is 13.1 Å². The highest BCUT2D eigenvalue weighted by atomic mass is 35.5. The number of halogens is 1. The highest BCUT2D eigenvalue weighted by Crippen LogP contribution is 2.18. The van der Waals surface area contributed by atoms with Crippen LogP contribution >= 0.6 is 11.6 Å². The second-order valence-electron chi connectivity index (χ2n) is 4.65. The van der Waals surface area contributed by atoms with Crippen molar-refractivity contribution in [1.82, 2.24) is 25.2 Å². The Kier molecular flexibility index (Phi) is 5.30. The van der Waals surface area contributed by atoms with Gasteiger partial charge < -0.3 is 10.2 Å². The fraction of sp³-hybridized carbons (Fsp3) is 0.357. The third-order valence-corrected chi connectivity index (χ3v) is 3.46. The summed E-state index contributed by atoms with van der Waals surface area (Å²) in [6.45, 7) is 4.37. The number of carbonyl (C=O) groups excluding carboxylic acids is 1. The zero-order valence-electron chi connectivity index (χ0n) is 12.1. The fourth-order valence-electron chi connectivity index (χ4n) is 1.73. The Morgan fingerprint density at radius 3 is 2.90 bits per heavy atom. The van der Waals surface area contributed by atoms with Crippen molar-refractivity contribution in [3.63, 3.8) is 0 Å². The van der Waals surface area contributed by atoms with Crippen molar-refractivity contribution >= 4 is 17.5 Å². The van der Waals surface area contributed by atoms with E-state index in [1.165, 1.54) is 4.68 Å². The van der Waals surface area contributed by atoms with Crippen LogP contribution in [0, 0.1) is 0 Å². The lowest BCUT2D eigenvalue weighted by Gasteiger charge is -2.13. The molecule has 1 amide bonds. The average molecular weight is 308 g/mol. The number of hydrogen-bond donors (Lipinski definition) is 1. The van der Waals surface area contributed by atoms with Crippen LogP contribution in [0.1, 0.15) is 17.4 Å². The largest absolute Gasteiger partial charge is 0.349 e. The first kappa shape index (κ1) is 15.5. The molecular weight excluding hydrogens is 290 g/mol. The SMILES string of the molecule is CCN(C)CCNC(=O)c1cn(-c2ccccc2Cl)nn1. The smallest absolute Gasteiger partial charge is 0.273 e. The number of benzene rings is 1. The maximum atomic E-state index is 12.0. The number of hydrogen-bond acceptors (Lipinski definition) is 4. The van der Waals surface area contributed by atoms with E-state index in [4.69, 9.17) is 11.6 Å². The molecule has 1 heterocycles. The van der Waals surface area contributed by atoms with Crippen LogP contribution < -0.4 is 5.32 Å². The van der Waals surface area contributed by atoms with Gasteiger partial charge in [-0.15, -0.1) is 5.10 Å². The summed E-state index contributed by atoms with van der Waals surface area (Å²) in [5.41, 5.74) is 0.963. The molecule has 0 atom stereocenters. The van der Waals surface area contributed by atoms with Gasteiger partial charge in [0.25, 0.3) is 5.91 Å². The Labute approximate surface area is 128 Å². The van der Waals surface area contributed by atoms with E-state index < -0.39 is 0 Å². The molecule has 0 unspecified atom stereocenters. The molecule has 0 saturated carbocycles. The first-order chi connectivity index (χ1) is 10.1. The molecule has 2 rings (SSSR count). The number of amides is 1. The summed E-state index contributed by atoms with van der Waals surface area (Å²) in [6.07, 6.45) is 1.57. The molecule has 0 radical (unpaired) electrons. The summed E-state index contributed by atoms with van der Waals surface area (Å²) < 4.78 is 1.50. The van der Waals surface area contributed by atoms with Crippen LogP contribution in [0.15, 0.2) is 30.5 Å². The number of likely N-dealkylation sites (N-methyl/N-ethyl adjacent to an activating group) is 1. The summed E-state index contributed by atoms with van der Waals surface area (Å²) in [5, 5.41) is 11.2. The summed E-state index contributed by atoms with van der Waals surface area (Å²) in [4.78, 5) is 14.1. The minimum Gasteiger partial charge on any atom is -0.349 e. The predicted molar refractivity (Wildman–Crippen MR) is 81.9 cm³/mol. The van der Waals surface area contributed by atoms with Crippen LogP contribution in [0.3, 0.4) is 0 Å². The number of aromatic nitrogens is 3. The topological polar surface area (TPSA) is 63.1 Å². The zero-order chi connectivity index (χ0) is 15.2. The van der Waals surface area contributed by atoms with E-state index in [2.05, 4.69) is 27.5 Å². The monoisotopic (exact) mass is 307 g/mol. The third kappa shape index (κ3) is 4.03. The van der Waals surface area contributed by atoms with Gasteiger partial charge in [-0.2, -0.15) is 0 Å². The van der Waals surface area contributed by atoms with Gasteiger partial charge in [-0.05, 0) is 25.7 Å². The van der Waals surface area contributed by atoms with Crippen LogP contribution in [0.25, 0.3) is 5.69 Å². The Morgan fingerprint density at radius 1 is 1.43 bits per heavy atom. The van der Waals surface area contributed by atoms with Gasteiger partial charge in [0.15, 0.2) is 5.69 Å². The molecule has 0 aliphatic carbocycles. The Morgan fingerprint density at radius 2 is 2.19 bits per heavy atom. The number of nitrogens with one attached hydrogen (secondary N) is 1. The molecular formula is C14H18ClN5O. The summed E-state index contributed by atoms with van der Waals surface area (Å²) in [7, 11) is 2.00. The maximum Gasteiger partial charge on any atom is 0.273 e.